The maximum Gasteiger partial charge on any atom is 0.338 e. The van der Waals surface area contributed by atoms with Crippen LogP contribution in [-0.2, 0) is 4.74 Å². The number of nitro benzene ring substituents is 1. The largest absolute Gasteiger partial charge is 0.462 e. The Morgan fingerprint density at radius 2 is 2.00 bits per heavy atom. The van der Waals surface area contributed by atoms with E-state index >= 15 is 0 Å². The van der Waals surface area contributed by atoms with E-state index in [0.29, 0.717) is 11.1 Å². The molecule has 6 heteroatoms. The van der Waals surface area contributed by atoms with Gasteiger partial charge < -0.3 is 4.74 Å². The van der Waals surface area contributed by atoms with E-state index in [2.05, 4.69) is 0 Å². The van der Waals surface area contributed by atoms with Crippen LogP contribution in [0.4, 0.5) is 10.1 Å². The van der Waals surface area contributed by atoms with E-state index in [9.17, 15) is 19.3 Å². The van der Waals surface area contributed by atoms with Gasteiger partial charge in [-0.2, -0.15) is 0 Å². The van der Waals surface area contributed by atoms with Crippen LogP contribution in [0.15, 0.2) is 36.4 Å². The van der Waals surface area contributed by atoms with E-state index in [1.54, 1.807) is 38.1 Å². The Morgan fingerprint density at radius 1 is 1.32 bits per heavy atom. The summed E-state index contributed by atoms with van der Waals surface area (Å²) in [5.74, 6) is -1.62. The molecule has 0 aliphatic heterocycles. The van der Waals surface area contributed by atoms with Gasteiger partial charge >= 0.3 is 5.97 Å². The van der Waals surface area contributed by atoms with Gasteiger partial charge in [0.1, 0.15) is 5.82 Å². The fraction of sp³-hybridized carbons (Fsp3) is 0.188. The first-order valence-corrected chi connectivity index (χ1v) is 6.66. The van der Waals surface area contributed by atoms with E-state index in [0.717, 1.165) is 12.1 Å². The van der Waals surface area contributed by atoms with Crippen LogP contribution in [0.5, 0.6) is 0 Å². The highest BCUT2D eigenvalue weighted by Gasteiger charge is 2.25. The minimum atomic E-state index is -0.827. The first-order chi connectivity index (χ1) is 10.5. The smallest absolute Gasteiger partial charge is 0.338 e. The molecule has 5 nitrogen and oxygen atoms in total. The van der Waals surface area contributed by atoms with Crippen molar-refractivity contribution < 1.29 is 18.8 Å². The molecule has 0 aromatic heterocycles. The summed E-state index contributed by atoms with van der Waals surface area (Å²) in [5, 5.41) is 11.3. The van der Waals surface area contributed by atoms with Crippen molar-refractivity contribution in [1.82, 2.24) is 0 Å². The van der Waals surface area contributed by atoms with Crippen LogP contribution in [0.3, 0.4) is 0 Å². The SMILES string of the molecule is CCOC(=O)c1cc(F)c(-c2ccccc2C)c([N+](=O)[O-])c1. The molecule has 22 heavy (non-hydrogen) atoms. The van der Waals surface area contributed by atoms with Crippen molar-refractivity contribution in [2.75, 3.05) is 6.61 Å². The molecule has 2 aromatic carbocycles. The first kappa shape index (κ1) is 15.6. The molecule has 2 aromatic rings. The van der Waals surface area contributed by atoms with Crippen molar-refractivity contribution in [1.29, 1.82) is 0 Å². The second-order valence-corrected chi connectivity index (χ2v) is 4.64. The summed E-state index contributed by atoms with van der Waals surface area (Å²) in [4.78, 5) is 22.3. The minimum Gasteiger partial charge on any atom is -0.462 e. The number of ether oxygens (including phenoxy) is 1. The molecule has 0 N–H and O–H groups in total. The van der Waals surface area contributed by atoms with Crippen LogP contribution in [0.25, 0.3) is 11.1 Å². The summed E-state index contributed by atoms with van der Waals surface area (Å²) >= 11 is 0. The Kier molecular flexibility index (Phi) is 4.50. The van der Waals surface area contributed by atoms with Crippen molar-refractivity contribution in [2.24, 2.45) is 0 Å². The van der Waals surface area contributed by atoms with Crippen LogP contribution < -0.4 is 0 Å². The highest BCUT2D eigenvalue weighted by atomic mass is 19.1. The third kappa shape index (κ3) is 2.95. The van der Waals surface area contributed by atoms with Crippen LogP contribution in [0, 0.1) is 22.9 Å². The summed E-state index contributed by atoms with van der Waals surface area (Å²) in [6.45, 7) is 3.44. The lowest BCUT2D eigenvalue weighted by Crippen LogP contribution is -2.07. The van der Waals surface area contributed by atoms with Crippen LogP contribution in [0.1, 0.15) is 22.8 Å². The Balaban J connectivity index is 2.68. The Bertz CT molecular complexity index is 743. The molecule has 2 rings (SSSR count). The molecule has 0 aliphatic carbocycles. The van der Waals surface area contributed by atoms with Crippen molar-refractivity contribution in [2.45, 2.75) is 13.8 Å². The maximum atomic E-state index is 14.4. The molecule has 0 heterocycles. The summed E-state index contributed by atoms with van der Waals surface area (Å²) in [5.41, 5.74) is 0.354. The van der Waals surface area contributed by atoms with Gasteiger partial charge in [0.25, 0.3) is 5.69 Å². The second-order valence-electron chi connectivity index (χ2n) is 4.64. The Hall–Kier alpha value is -2.76. The molecule has 0 radical (unpaired) electrons. The zero-order chi connectivity index (χ0) is 16.3. The van der Waals surface area contributed by atoms with Crippen LogP contribution in [-0.4, -0.2) is 17.5 Å². The number of rotatable bonds is 4. The number of hydrogen-bond acceptors (Lipinski definition) is 4. The van der Waals surface area contributed by atoms with E-state index in [-0.39, 0.29) is 17.7 Å². The van der Waals surface area contributed by atoms with Gasteiger partial charge in [-0.25, -0.2) is 9.18 Å². The zero-order valence-electron chi connectivity index (χ0n) is 12.1. The third-order valence-corrected chi connectivity index (χ3v) is 3.19. The summed E-state index contributed by atoms with van der Waals surface area (Å²) in [6.07, 6.45) is 0. The van der Waals surface area contributed by atoms with Crippen LogP contribution >= 0.6 is 0 Å². The topological polar surface area (TPSA) is 69.4 Å². The van der Waals surface area contributed by atoms with Crippen molar-refractivity contribution >= 4 is 11.7 Å². The van der Waals surface area contributed by atoms with Crippen LogP contribution in [0.2, 0.25) is 0 Å². The Labute approximate surface area is 126 Å². The first-order valence-electron chi connectivity index (χ1n) is 6.66. The number of esters is 1. The number of carbonyl (C=O) groups excluding carboxylic acids is 1. The molecule has 114 valence electrons. The lowest BCUT2D eigenvalue weighted by molar-refractivity contribution is -0.384. The number of halogens is 1. The highest BCUT2D eigenvalue weighted by Crippen LogP contribution is 2.35. The predicted octanol–water partition coefficient (Wildman–Crippen LogP) is 3.89. The summed E-state index contributed by atoms with van der Waals surface area (Å²) in [6, 6.07) is 8.78. The number of hydrogen-bond donors (Lipinski definition) is 0. The quantitative estimate of drug-likeness (QED) is 0.488. The van der Waals surface area contributed by atoms with Crippen molar-refractivity contribution in [3.63, 3.8) is 0 Å². The number of carbonyl (C=O) groups is 1. The molecule has 0 amide bonds. The Morgan fingerprint density at radius 3 is 2.59 bits per heavy atom. The van der Waals surface area contributed by atoms with Gasteiger partial charge in [-0.05, 0) is 31.0 Å². The summed E-state index contributed by atoms with van der Waals surface area (Å²) < 4.78 is 19.2. The fourth-order valence-corrected chi connectivity index (χ4v) is 2.19. The van der Waals surface area contributed by atoms with E-state index in [4.69, 9.17) is 4.74 Å². The predicted molar refractivity (Wildman–Crippen MR) is 79.2 cm³/mol. The second kappa shape index (κ2) is 6.34. The van der Waals surface area contributed by atoms with Gasteiger partial charge in [-0.3, -0.25) is 10.1 Å². The van der Waals surface area contributed by atoms with Gasteiger partial charge in [0.2, 0.25) is 0 Å². The van der Waals surface area contributed by atoms with E-state index in [1.165, 1.54) is 0 Å². The zero-order valence-corrected chi connectivity index (χ0v) is 12.1. The van der Waals surface area contributed by atoms with Gasteiger partial charge in [0.05, 0.1) is 22.7 Å². The fourth-order valence-electron chi connectivity index (χ4n) is 2.19. The van der Waals surface area contributed by atoms with E-state index < -0.39 is 22.4 Å². The molecule has 0 fully saturated rings. The molecule has 0 aliphatic rings. The standard InChI is InChI=1S/C16H14FNO4/c1-3-22-16(19)11-8-13(17)15(14(9-11)18(20)21)12-7-5-4-6-10(12)2/h4-9H,3H2,1-2H3. The van der Waals surface area contributed by atoms with Gasteiger partial charge in [0, 0.05) is 6.07 Å². The number of benzene rings is 2. The number of nitrogens with zero attached hydrogens (tertiary/aromatic N) is 1. The van der Waals surface area contributed by atoms with Gasteiger partial charge in [-0.15, -0.1) is 0 Å². The molecule has 0 unspecified atom stereocenters. The molecular formula is C16H14FNO4. The third-order valence-electron chi connectivity index (χ3n) is 3.19. The number of nitro groups is 1. The molecule has 0 bridgehead atoms. The number of aryl methyl sites for hydroxylation is 1. The highest BCUT2D eigenvalue weighted by molar-refractivity contribution is 5.92. The monoisotopic (exact) mass is 303 g/mol. The molecule has 0 atom stereocenters. The molecular weight excluding hydrogens is 289 g/mol. The van der Waals surface area contributed by atoms with Crippen molar-refractivity contribution in [3.8, 4) is 11.1 Å². The normalized spacial score (nSPS) is 10.3. The lowest BCUT2D eigenvalue weighted by atomic mass is 9.97. The minimum absolute atomic E-state index is 0.105. The van der Waals surface area contributed by atoms with Gasteiger partial charge in [0.15, 0.2) is 0 Å². The van der Waals surface area contributed by atoms with Crippen molar-refractivity contribution in [3.05, 3.63) is 63.5 Å². The molecule has 0 saturated heterocycles. The lowest BCUT2D eigenvalue weighted by Gasteiger charge is -2.10. The average molecular weight is 303 g/mol. The molecule has 0 saturated carbocycles. The molecule has 0 spiro atoms. The summed E-state index contributed by atoms with van der Waals surface area (Å²) in [7, 11) is 0. The maximum absolute atomic E-state index is 14.4. The van der Waals surface area contributed by atoms with Gasteiger partial charge in [-0.1, -0.05) is 24.3 Å². The van der Waals surface area contributed by atoms with E-state index in [1.807, 2.05) is 0 Å². The average Bonchev–Trinajstić information content (AvgIpc) is 2.47.